The number of nitriles is 1. The van der Waals surface area contributed by atoms with Gasteiger partial charge in [0.25, 0.3) is 5.56 Å². The summed E-state index contributed by atoms with van der Waals surface area (Å²) in [6, 6.07) is 14.2. The minimum Gasteiger partial charge on any atom is -0.481 e. The topological polar surface area (TPSA) is 126 Å². The predicted octanol–water partition coefficient (Wildman–Crippen LogP) is 3.90. The van der Waals surface area contributed by atoms with Gasteiger partial charge in [0.2, 0.25) is 5.91 Å². The van der Waals surface area contributed by atoms with Gasteiger partial charge in [-0.15, -0.1) is 0 Å². The third-order valence-electron chi connectivity index (χ3n) is 9.11. The van der Waals surface area contributed by atoms with E-state index in [1.165, 1.54) is 23.5 Å². The van der Waals surface area contributed by atoms with Gasteiger partial charge in [-0.05, 0) is 55.3 Å². The van der Waals surface area contributed by atoms with Crippen molar-refractivity contribution < 1.29 is 19.1 Å². The molecule has 11 nitrogen and oxygen atoms in total. The summed E-state index contributed by atoms with van der Waals surface area (Å²) >= 11 is 1.25. The molecule has 2 aliphatic heterocycles. The minimum absolute atomic E-state index is 0.0375. The van der Waals surface area contributed by atoms with E-state index in [9.17, 15) is 24.0 Å². The summed E-state index contributed by atoms with van der Waals surface area (Å²) in [5, 5.41) is 20.9. The Morgan fingerprint density at radius 1 is 1.09 bits per heavy atom. The van der Waals surface area contributed by atoms with Gasteiger partial charge in [0.05, 0.1) is 18.2 Å². The van der Waals surface area contributed by atoms with Crippen molar-refractivity contribution >= 4 is 50.5 Å². The first-order chi connectivity index (χ1) is 22.2. The third kappa shape index (κ3) is 5.59. The van der Waals surface area contributed by atoms with Crippen LogP contribution in [0.25, 0.3) is 22.0 Å². The van der Waals surface area contributed by atoms with Gasteiger partial charge in [0.1, 0.15) is 22.5 Å². The summed E-state index contributed by atoms with van der Waals surface area (Å²) in [6.45, 7) is 3.57. The zero-order valence-corrected chi connectivity index (χ0v) is 26.0. The van der Waals surface area contributed by atoms with Gasteiger partial charge < -0.3 is 24.4 Å². The number of nitrogens with zero attached hydrogens (tertiary/aromatic N) is 7. The second-order valence-corrected chi connectivity index (χ2v) is 13.1. The number of fused-ring (bicyclic) bond motifs is 1. The maximum Gasteiger partial charge on any atom is 0.310 e. The molecule has 4 aromatic rings. The van der Waals surface area contributed by atoms with Gasteiger partial charge in [0, 0.05) is 80.6 Å². The number of pyridine rings is 1. The van der Waals surface area contributed by atoms with Gasteiger partial charge >= 0.3 is 5.97 Å². The number of carbonyl (C=O) groups is 2. The number of rotatable bonds is 8. The number of hydrogen-bond donors (Lipinski definition) is 1. The lowest BCUT2D eigenvalue weighted by atomic mass is 10.0. The van der Waals surface area contributed by atoms with Gasteiger partial charge in [-0.3, -0.25) is 19.3 Å². The minimum atomic E-state index is -0.859. The molecule has 2 aromatic carbocycles. The van der Waals surface area contributed by atoms with Crippen LogP contribution in [0.3, 0.4) is 0 Å². The van der Waals surface area contributed by atoms with Crippen molar-refractivity contribution in [1.29, 1.82) is 5.26 Å². The van der Waals surface area contributed by atoms with Crippen LogP contribution in [-0.4, -0.2) is 89.2 Å². The summed E-state index contributed by atoms with van der Waals surface area (Å²) < 4.78 is 15.4. The molecule has 2 aromatic heterocycles. The molecule has 13 heteroatoms. The molecule has 1 amide bonds. The molecule has 3 fully saturated rings. The highest BCUT2D eigenvalue weighted by Gasteiger charge is 2.36. The van der Waals surface area contributed by atoms with Crippen LogP contribution in [0.15, 0.2) is 53.5 Å². The molecule has 1 aliphatic carbocycles. The monoisotopic (exact) mass is 641 g/mol. The molecule has 3 aliphatic rings. The Kier molecular flexibility index (Phi) is 7.70. The lowest BCUT2D eigenvalue weighted by Gasteiger charge is -2.40. The van der Waals surface area contributed by atoms with Gasteiger partial charge in [-0.25, -0.2) is 9.37 Å². The van der Waals surface area contributed by atoms with Crippen LogP contribution < -0.4 is 15.4 Å². The molecular formula is C33H32FN7O4S. The number of carboxylic acid groups (broad SMARTS) is 1. The SMILES string of the molecule is CN(c1nc(-c2ccc(F)cc2)c(C#N)s1)c1cn(C2CC2)c(=O)c2ccc(N3CCN(CC(=O)N4CC(C(=O)O)C4)CC3)cc12. The summed E-state index contributed by atoms with van der Waals surface area (Å²) in [5.74, 6) is -1.73. The highest BCUT2D eigenvalue weighted by atomic mass is 32.1. The number of aromatic nitrogens is 2. The standard InChI is InChI=1S/C33H32FN7O4S/c1-37(33-36-30(28(15-35)46-33)20-2-4-22(34)5-3-20)27-18-41(23-6-7-23)31(43)25-9-8-24(14-26(25)27)39-12-10-38(11-13-39)19-29(42)40-16-21(17-40)32(44)45/h2-5,8-9,14,18,21,23H,6-7,10-13,16-17,19H2,1H3,(H,44,45). The molecule has 0 radical (unpaired) electrons. The number of anilines is 3. The van der Waals surface area contributed by atoms with Crippen molar-refractivity contribution in [3.63, 3.8) is 0 Å². The molecule has 2 saturated heterocycles. The molecule has 1 N–H and O–H groups in total. The Bertz CT molecular complexity index is 1930. The number of hydrogen-bond acceptors (Lipinski definition) is 9. The number of piperazine rings is 1. The average Bonchev–Trinajstić information content (AvgIpc) is 3.78. The molecule has 236 valence electrons. The Labute approximate surface area is 268 Å². The van der Waals surface area contributed by atoms with E-state index in [0.717, 1.165) is 29.6 Å². The van der Waals surface area contributed by atoms with E-state index in [1.807, 2.05) is 36.3 Å². The van der Waals surface area contributed by atoms with Gasteiger partial charge in [-0.2, -0.15) is 5.26 Å². The number of amides is 1. The largest absolute Gasteiger partial charge is 0.481 e. The number of halogens is 1. The Morgan fingerprint density at radius 3 is 2.46 bits per heavy atom. The first-order valence-electron chi connectivity index (χ1n) is 15.3. The molecule has 0 atom stereocenters. The highest BCUT2D eigenvalue weighted by Crippen LogP contribution is 2.40. The van der Waals surface area contributed by atoms with Gasteiger partial charge in [0.15, 0.2) is 5.13 Å². The molecule has 46 heavy (non-hydrogen) atoms. The van der Waals surface area contributed by atoms with Crippen molar-refractivity contribution in [2.75, 3.05) is 62.7 Å². The second-order valence-electron chi connectivity index (χ2n) is 12.1. The fourth-order valence-electron chi connectivity index (χ4n) is 6.15. The smallest absolute Gasteiger partial charge is 0.310 e. The normalized spacial score (nSPS) is 17.2. The van der Waals surface area contributed by atoms with Crippen molar-refractivity contribution in [3.05, 3.63) is 69.7 Å². The van der Waals surface area contributed by atoms with Crippen LogP contribution in [0, 0.1) is 23.1 Å². The molecule has 0 bridgehead atoms. The van der Waals surface area contributed by atoms with E-state index in [2.05, 4.69) is 15.9 Å². The van der Waals surface area contributed by atoms with Crippen LogP contribution in [0.5, 0.6) is 0 Å². The van der Waals surface area contributed by atoms with Crippen LogP contribution in [-0.2, 0) is 9.59 Å². The first kappa shape index (κ1) is 29.9. The van der Waals surface area contributed by atoms with Crippen LogP contribution in [0.4, 0.5) is 20.9 Å². The molecule has 0 unspecified atom stereocenters. The number of carboxylic acids is 1. The van der Waals surface area contributed by atoms with Crippen molar-refractivity contribution in [2.24, 2.45) is 5.92 Å². The fourth-order valence-corrected chi connectivity index (χ4v) is 7.01. The number of aliphatic carboxylic acids is 1. The number of carbonyl (C=O) groups excluding carboxylic acids is 1. The number of thiazole rings is 1. The predicted molar refractivity (Wildman–Crippen MR) is 173 cm³/mol. The zero-order chi connectivity index (χ0) is 32.1. The van der Waals surface area contributed by atoms with E-state index in [0.29, 0.717) is 52.8 Å². The Balaban J connectivity index is 1.15. The Hall–Kier alpha value is -4.80. The van der Waals surface area contributed by atoms with Crippen molar-refractivity contribution in [3.8, 4) is 17.3 Å². The summed E-state index contributed by atoms with van der Waals surface area (Å²) in [6.07, 6.45) is 3.79. The van der Waals surface area contributed by atoms with Crippen LogP contribution in [0.2, 0.25) is 0 Å². The summed E-state index contributed by atoms with van der Waals surface area (Å²) in [5.41, 5.74) is 2.86. The molecule has 4 heterocycles. The van der Waals surface area contributed by atoms with Crippen molar-refractivity contribution in [2.45, 2.75) is 18.9 Å². The number of likely N-dealkylation sites (tertiary alicyclic amines) is 1. The van der Waals surface area contributed by atoms with Crippen LogP contribution in [0.1, 0.15) is 23.8 Å². The molecule has 7 rings (SSSR count). The average molecular weight is 642 g/mol. The van der Waals surface area contributed by atoms with E-state index in [4.69, 9.17) is 10.1 Å². The van der Waals surface area contributed by atoms with Gasteiger partial charge in [-0.1, -0.05) is 11.3 Å². The number of benzene rings is 2. The maximum absolute atomic E-state index is 13.6. The molecular weight excluding hydrogens is 609 g/mol. The highest BCUT2D eigenvalue weighted by molar-refractivity contribution is 7.16. The van der Waals surface area contributed by atoms with E-state index in [-0.39, 0.29) is 43.0 Å². The Morgan fingerprint density at radius 2 is 1.80 bits per heavy atom. The molecule has 0 spiro atoms. The third-order valence-corrected chi connectivity index (χ3v) is 10.1. The zero-order valence-electron chi connectivity index (χ0n) is 25.2. The van der Waals surface area contributed by atoms with Crippen LogP contribution >= 0.6 is 11.3 Å². The van der Waals surface area contributed by atoms with E-state index < -0.39 is 11.9 Å². The van der Waals surface area contributed by atoms with E-state index >= 15 is 0 Å². The summed E-state index contributed by atoms with van der Waals surface area (Å²) in [7, 11) is 1.88. The fraction of sp³-hybridized carbons (Fsp3) is 0.364. The molecule has 1 saturated carbocycles. The maximum atomic E-state index is 13.6. The summed E-state index contributed by atoms with van der Waals surface area (Å²) in [4.78, 5) is 50.4. The first-order valence-corrected chi connectivity index (χ1v) is 16.1. The van der Waals surface area contributed by atoms with E-state index in [1.54, 1.807) is 21.6 Å². The lowest BCUT2D eigenvalue weighted by molar-refractivity contribution is -0.153. The second kappa shape index (κ2) is 11.9. The quantitative estimate of drug-likeness (QED) is 0.305. The van der Waals surface area contributed by atoms with Crippen molar-refractivity contribution in [1.82, 2.24) is 19.4 Å². The lowest BCUT2D eigenvalue weighted by Crippen LogP contribution is -2.57.